The Morgan fingerprint density at radius 2 is 1.87 bits per heavy atom. The highest BCUT2D eigenvalue weighted by atomic mass is 16.7. The molecule has 3 aliphatic heterocycles. The molecule has 0 saturated carbocycles. The van der Waals surface area contributed by atoms with Gasteiger partial charge in [0.25, 0.3) is 0 Å². The van der Waals surface area contributed by atoms with Gasteiger partial charge in [0.15, 0.2) is 17.3 Å². The van der Waals surface area contributed by atoms with Crippen LogP contribution in [0.2, 0.25) is 0 Å². The molecule has 1 aromatic carbocycles. The highest BCUT2D eigenvalue weighted by molar-refractivity contribution is 5.79. The van der Waals surface area contributed by atoms with E-state index < -0.39 is 0 Å². The van der Waals surface area contributed by atoms with Crippen LogP contribution in [-0.4, -0.2) is 48.8 Å². The van der Waals surface area contributed by atoms with Crippen molar-refractivity contribution in [3.05, 3.63) is 36.3 Å². The Morgan fingerprint density at radius 3 is 2.70 bits per heavy atom. The summed E-state index contributed by atoms with van der Waals surface area (Å²) in [6.07, 6.45) is 7.65. The van der Waals surface area contributed by atoms with Crippen LogP contribution in [0.5, 0.6) is 11.5 Å². The molecule has 8 heteroatoms. The third-order valence-corrected chi connectivity index (χ3v) is 6.19. The number of hydrogen-bond acceptors (Lipinski definition) is 7. The van der Waals surface area contributed by atoms with Gasteiger partial charge in [0.05, 0.1) is 11.9 Å². The number of fused-ring (bicyclic) bond motifs is 1. The number of nitrogens with one attached hydrogen (secondary N) is 1. The molecule has 0 bridgehead atoms. The summed E-state index contributed by atoms with van der Waals surface area (Å²) in [5.41, 5.74) is 2.11. The van der Waals surface area contributed by atoms with Crippen molar-refractivity contribution in [3.8, 4) is 11.5 Å². The molecule has 0 unspecified atom stereocenters. The zero-order valence-electron chi connectivity index (χ0n) is 17.0. The SMILES string of the molecule is O=C(NCc1ccc2c(c1)OCO2)C1CCN(c2cncnc2N2CCCC2)CC1. The van der Waals surface area contributed by atoms with E-state index in [2.05, 4.69) is 25.1 Å². The first-order valence-electron chi connectivity index (χ1n) is 10.7. The minimum atomic E-state index is 0.0372. The van der Waals surface area contributed by atoms with E-state index in [0.717, 1.165) is 67.6 Å². The maximum Gasteiger partial charge on any atom is 0.231 e. The van der Waals surface area contributed by atoms with Crippen LogP contribution >= 0.6 is 0 Å². The zero-order valence-corrected chi connectivity index (χ0v) is 17.0. The monoisotopic (exact) mass is 409 g/mol. The molecule has 0 spiro atoms. The Kier molecular flexibility index (Phi) is 5.29. The maximum absolute atomic E-state index is 12.7. The lowest BCUT2D eigenvalue weighted by atomic mass is 9.95. The Bertz CT molecular complexity index is 907. The van der Waals surface area contributed by atoms with E-state index in [1.54, 1.807) is 6.33 Å². The van der Waals surface area contributed by atoms with E-state index in [1.165, 1.54) is 12.8 Å². The van der Waals surface area contributed by atoms with Crippen LogP contribution in [0.15, 0.2) is 30.7 Å². The average molecular weight is 409 g/mol. The molecule has 30 heavy (non-hydrogen) atoms. The predicted molar refractivity (Wildman–Crippen MR) is 113 cm³/mol. The molecule has 158 valence electrons. The molecule has 8 nitrogen and oxygen atoms in total. The fourth-order valence-electron chi connectivity index (χ4n) is 4.48. The van der Waals surface area contributed by atoms with E-state index in [-0.39, 0.29) is 18.6 Å². The van der Waals surface area contributed by atoms with Gasteiger partial charge in [0, 0.05) is 38.6 Å². The second-order valence-electron chi connectivity index (χ2n) is 8.09. The highest BCUT2D eigenvalue weighted by Crippen LogP contribution is 2.33. The third kappa shape index (κ3) is 3.86. The smallest absolute Gasteiger partial charge is 0.231 e. The van der Waals surface area contributed by atoms with Crippen molar-refractivity contribution in [2.24, 2.45) is 5.92 Å². The zero-order chi connectivity index (χ0) is 20.3. The summed E-state index contributed by atoms with van der Waals surface area (Å²) in [6.45, 7) is 4.56. The first kappa shape index (κ1) is 19.0. The normalized spacial score (nSPS) is 18.7. The average Bonchev–Trinajstić information content (AvgIpc) is 3.49. The van der Waals surface area contributed by atoms with Crippen LogP contribution < -0.4 is 24.6 Å². The van der Waals surface area contributed by atoms with Crippen molar-refractivity contribution in [1.82, 2.24) is 15.3 Å². The van der Waals surface area contributed by atoms with E-state index in [1.807, 2.05) is 24.4 Å². The number of carbonyl (C=O) groups is 1. The van der Waals surface area contributed by atoms with Crippen molar-refractivity contribution in [1.29, 1.82) is 0 Å². The summed E-state index contributed by atoms with van der Waals surface area (Å²) in [5, 5.41) is 3.08. The van der Waals surface area contributed by atoms with Crippen molar-refractivity contribution < 1.29 is 14.3 Å². The number of carbonyl (C=O) groups excluding carboxylic acids is 1. The minimum absolute atomic E-state index is 0.0372. The van der Waals surface area contributed by atoms with Crippen LogP contribution in [0.1, 0.15) is 31.2 Å². The number of ether oxygens (including phenoxy) is 2. The van der Waals surface area contributed by atoms with Crippen LogP contribution in [-0.2, 0) is 11.3 Å². The van der Waals surface area contributed by atoms with Crippen molar-refractivity contribution in [2.75, 3.05) is 42.8 Å². The van der Waals surface area contributed by atoms with Gasteiger partial charge in [-0.3, -0.25) is 4.79 Å². The van der Waals surface area contributed by atoms with Gasteiger partial charge in [-0.15, -0.1) is 0 Å². The quantitative estimate of drug-likeness (QED) is 0.812. The molecule has 0 aliphatic carbocycles. The number of piperidine rings is 1. The summed E-state index contributed by atoms with van der Waals surface area (Å²) < 4.78 is 10.7. The predicted octanol–water partition coefficient (Wildman–Crippen LogP) is 2.34. The molecular formula is C22H27N5O3. The summed E-state index contributed by atoms with van der Waals surface area (Å²) >= 11 is 0. The van der Waals surface area contributed by atoms with Gasteiger partial charge in [0.1, 0.15) is 6.33 Å². The van der Waals surface area contributed by atoms with Crippen LogP contribution in [0, 0.1) is 5.92 Å². The van der Waals surface area contributed by atoms with Gasteiger partial charge in [-0.2, -0.15) is 0 Å². The molecule has 2 aromatic rings. The van der Waals surface area contributed by atoms with E-state index >= 15 is 0 Å². The van der Waals surface area contributed by atoms with Gasteiger partial charge >= 0.3 is 0 Å². The molecule has 1 N–H and O–H groups in total. The number of nitrogens with zero attached hydrogens (tertiary/aromatic N) is 4. The van der Waals surface area contributed by atoms with Crippen LogP contribution in [0.25, 0.3) is 0 Å². The largest absolute Gasteiger partial charge is 0.454 e. The summed E-state index contributed by atoms with van der Waals surface area (Å²) in [7, 11) is 0. The molecule has 1 amide bonds. The summed E-state index contributed by atoms with van der Waals surface area (Å²) in [6, 6.07) is 5.79. The lowest BCUT2D eigenvalue weighted by molar-refractivity contribution is -0.125. The second-order valence-corrected chi connectivity index (χ2v) is 8.09. The standard InChI is InChI=1S/C22H27N5O3/c28-22(24-12-16-3-4-19-20(11-16)30-15-29-19)17-5-9-26(10-6-17)18-13-23-14-25-21(18)27-7-1-2-8-27/h3-4,11,13-14,17H,1-2,5-10,12,15H2,(H,24,28). The molecule has 2 fully saturated rings. The van der Waals surface area contributed by atoms with Gasteiger partial charge in [0.2, 0.25) is 12.7 Å². The number of benzene rings is 1. The van der Waals surface area contributed by atoms with Crippen molar-refractivity contribution >= 4 is 17.4 Å². The number of hydrogen-bond donors (Lipinski definition) is 1. The molecule has 4 heterocycles. The lowest BCUT2D eigenvalue weighted by Crippen LogP contribution is -2.41. The lowest BCUT2D eigenvalue weighted by Gasteiger charge is -2.34. The molecule has 0 radical (unpaired) electrons. The first-order chi connectivity index (χ1) is 14.8. The van der Waals surface area contributed by atoms with Crippen LogP contribution in [0.3, 0.4) is 0 Å². The number of aromatic nitrogens is 2. The van der Waals surface area contributed by atoms with Gasteiger partial charge in [-0.05, 0) is 43.4 Å². The van der Waals surface area contributed by atoms with E-state index in [0.29, 0.717) is 6.54 Å². The van der Waals surface area contributed by atoms with E-state index in [9.17, 15) is 4.79 Å². The third-order valence-electron chi connectivity index (χ3n) is 6.19. The summed E-state index contributed by atoms with van der Waals surface area (Å²) in [5.74, 6) is 2.70. The van der Waals surface area contributed by atoms with Gasteiger partial charge < -0.3 is 24.6 Å². The Morgan fingerprint density at radius 1 is 1.07 bits per heavy atom. The Labute approximate surface area is 176 Å². The molecule has 5 rings (SSSR count). The molecule has 1 aromatic heterocycles. The second kappa shape index (κ2) is 8.38. The van der Waals surface area contributed by atoms with Gasteiger partial charge in [-0.25, -0.2) is 9.97 Å². The van der Waals surface area contributed by atoms with Crippen molar-refractivity contribution in [3.63, 3.8) is 0 Å². The maximum atomic E-state index is 12.7. The number of amides is 1. The Balaban J connectivity index is 1.16. The number of rotatable bonds is 5. The fraction of sp³-hybridized carbons (Fsp3) is 0.500. The minimum Gasteiger partial charge on any atom is -0.454 e. The summed E-state index contributed by atoms with van der Waals surface area (Å²) in [4.78, 5) is 26.2. The van der Waals surface area contributed by atoms with Crippen LogP contribution in [0.4, 0.5) is 11.5 Å². The molecule has 3 aliphatic rings. The molecule has 2 saturated heterocycles. The molecular weight excluding hydrogens is 382 g/mol. The first-order valence-corrected chi connectivity index (χ1v) is 10.7. The number of anilines is 2. The van der Waals surface area contributed by atoms with E-state index in [4.69, 9.17) is 9.47 Å². The fourth-order valence-corrected chi connectivity index (χ4v) is 4.48. The molecule has 0 atom stereocenters. The highest BCUT2D eigenvalue weighted by Gasteiger charge is 2.28. The topological polar surface area (TPSA) is 79.8 Å². The Hall–Kier alpha value is -3.03. The van der Waals surface area contributed by atoms with Gasteiger partial charge in [-0.1, -0.05) is 6.07 Å². The van der Waals surface area contributed by atoms with Crippen molar-refractivity contribution in [2.45, 2.75) is 32.2 Å².